The molecule has 3 rings (SSSR count). The summed E-state index contributed by atoms with van der Waals surface area (Å²) in [4.78, 5) is 19.0. The molecule has 0 saturated heterocycles. The Labute approximate surface area is 147 Å². The molecule has 5 heteroatoms. The normalized spacial score (nSPS) is 16.5. The Balaban J connectivity index is 1.70. The first-order chi connectivity index (χ1) is 11.7. The zero-order valence-corrected chi connectivity index (χ0v) is 14.5. The van der Waals surface area contributed by atoms with Crippen LogP contribution in [0, 0.1) is 0 Å². The number of aliphatic imine (C=N–C) groups is 1. The summed E-state index contributed by atoms with van der Waals surface area (Å²) >= 11 is 1.66. The first-order valence-corrected chi connectivity index (χ1v) is 8.99. The quantitative estimate of drug-likeness (QED) is 0.905. The van der Waals surface area contributed by atoms with Gasteiger partial charge in [-0.2, -0.15) is 0 Å². The lowest BCUT2D eigenvalue weighted by molar-refractivity contribution is 0.234. The molecule has 1 atom stereocenters. The number of carbonyl (C=O) groups is 1. The standard InChI is InChI=1S/C19H21N3OS/c1-15-14-20-19(24-15)22(13-12-16-8-4-2-5-9-16)18(23)21-17-10-6-3-7-11-17/h2-11,15H,12-14H2,1H3,(H,21,23)/t15-/m1/s1. The molecular formula is C19H21N3OS. The summed E-state index contributed by atoms with van der Waals surface area (Å²) in [5.74, 6) is 0. The van der Waals surface area contributed by atoms with E-state index in [-0.39, 0.29) is 6.03 Å². The second kappa shape index (κ2) is 8.02. The summed E-state index contributed by atoms with van der Waals surface area (Å²) in [6.07, 6.45) is 0.803. The van der Waals surface area contributed by atoms with Crippen molar-refractivity contribution in [2.45, 2.75) is 18.6 Å². The summed E-state index contributed by atoms with van der Waals surface area (Å²) in [6.45, 7) is 3.51. The lowest BCUT2D eigenvalue weighted by Crippen LogP contribution is -2.39. The van der Waals surface area contributed by atoms with Crippen LogP contribution in [0.1, 0.15) is 12.5 Å². The Morgan fingerprint density at radius 2 is 1.83 bits per heavy atom. The third-order valence-corrected chi connectivity index (χ3v) is 4.87. The van der Waals surface area contributed by atoms with Crippen molar-refractivity contribution in [2.24, 2.45) is 4.99 Å². The molecule has 2 amide bonds. The molecule has 0 aliphatic carbocycles. The maximum Gasteiger partial charge on any atom is 0.327 e. The topological polar surface area (TPSA) is 44.7 Å². The molecule has 0 unspecified atom stereocenters. The van der Waals surface area contributed by atoms with Crippen LogP contribution in [0.3, 0.4) is 0 Å². The van der Waals surface area contributed by atoms with Crippen LogP contribution in [-0.2, 0) is 6.42 Å². The van der Waals surface area contributed by atoms with Crippen molar-refractivity contribution < 1.29 is 4.79 Å². The number of rotatable bonds is 4. The minimum atomic E-state index is -0.127. The van der Waals surface area contributed by atoms with E-state index in [9.17, 15) is 4.79 Å². The molecule has 4 nitrogen and oxygen atoms in total. The molecule has 0 spiro atoms. The molecular weight excluding hydrogens is 318 g/mol. The van der Waals surface area contributed by atoms with Gasteiger partial charge in [-0.1, -0.05) is 67.2 Å². The Bertz CT molecular complexity index is 703. The number of nitrogens with one attached hydrogen (secondary N) is 1. The second-order valence-electron chi connectivity index (χ2n) is 5.74. The van der Waals surface area contributed by atoms with E-state index in [1.807, 2.05) is 48.5 Å². The number of hydrogen-bond donors (Lipinski definition) is 1. The average Bonchev–Trinajstić information content (AvgIpc) is 3.03. The van der Waals surface area contributed by atoms with Crippen molar-refractivity contribution in [3.05, 3.63) is 66.2 Å². The molecule has 0 bridgehead atoms. The van der Waals surface area contributed by atoms with E-state index in [0.29, 0.717) is 11.8 Å². The number of hydrogen-bond acceptors (Lipinski definition) is 3. The molecule has 24 heavy (non-hydrogen) atoms. The molecule has 1 aliphatic rings. The minimum absolute atomic E-state index is 0.127. The highest BCUT2D eigenvalue weighted by molar-refractivity contribution is 8.14. The van der Waals surface area contributed by atoms with Crippen LogP contribution in [0.5, 0.6) is 0 Å². The van der Waals surface area contributed by atoms with Gasteiger partial charge in [0.15, 0.2) is 5.17 Å². The van der Waals surface area contributed by atoms with Gasteiger partial charge in [0, 0.05) is 17.5 Å². The summed E-state index contributed by atoms with van der Waals surface area (Å²) in [5.41, 5.74) is 2.01. The summed E-state index contributed by atoms with van der Waals surface area (Å²) in [7, 11) is 0. The number of thioether (sulfide) groups is 1. The molecule has 124 valence electrons. The van der Waals surface area contributed by atoms with Crippen molar-refractivity contribution in [3.63, 3.8) is 0 Å². The number of benzene rings is 2. The van der Waals surface area contributed by atoms with Gasteiger partial charge in [-0.3, -0.25) is 9.89 Å². The van der Waals surface area contributed by atoms with Gasteiger partial charge in [-0.25, -0.2) is 4.79 Å². The molecule has 0 aromatic heterocycles. The highest BCUT2D eigenvalue weighted by Crippen LogP contribution is 2.24. The first-order valence-electron chi connectivity index (χ1n) is 8.11. The average molecular weight is 339 g/mol. The van der Waals surface area contributed by atoms with E-state index in [4.69, 9.17) is 0 Å². The van der Waals surface area contributed by atoms with E-state index in [0.717, 1.165) is 23.8 Å². The van der Waals surface area contributed by atoms with Crippen molar-refractivity contribution in [1.29, 1.82) is 0 Å². The maximum absolute atomic E-state index is 12.7. The SMILES string of the molecule is C[C@@H]1CN=C(N(CCc2ccccc2)C(=O)Nc2ccccc2)S1. The third-order valence-electron chi connectivity index (χ3n) is 3.76. The zero-order valence-electron chi connectivity index (χ0n) is 13.7. The van der Waals surface area contributed by atoms with Gasteiger partial charge in [0.2, 0.25) is 0 Å². The monoisotopic (exact) mass is 339 g/mol. The van der Waals surface area contributed by atoms with E-state index in [1.165, 1.54) is 5.56 Å². The van der Waals surface area contributed by atoms with Crippen molar-refractivity contribution in [2.75, 3.05) is 18.4 Å². The van der Waals surface area contributed by atoms with Crippen LogP contribution in [0.25, 0.3) is 0 Å². The Morgan fingerprint density at radius 3 is 2.46 bits per heavy atom. The highest BCUT2D eigenvalue weighted by Gasteiger charge is 2.25. The van der Waals surface area contributed by atoms with Gasteiger partial charge in [-0.05, 0) is 24.1 Å². The van der Waals surface area contributed by atoms with Gasteiger partial charge in [0.25, 0.3) is 0 Å². The van der Waals surface area contributed by atoms with Crippen LogP contribution in [0.4, 0.5) is 10.5 Å². The second-order valence-corrected chi connectivity index (χ2v) is 7.14. The van der Waals surface area contributed by atoms with Gasteiger partial charge in [0.05, 0.1) is 6.54 Å². The van der Waals surface area contributed by atoms with E-state index in [1.54, 1.807) is 16.7 Å². The van der Waals surface area contributed by atoms with Gasteiger partial charge in [0.1, 0.15) is 0 Å². The number of anilines is 1. The van der Waals surface area contributed by atoms with Crippen LogP contribution < -0.4 is 5.32 Å². The Kier molecular flexibility index (Phi) is 5.54. The van der Waals surface area contributed by atoms with Crippen molar-refractivity contribution in [1.82, 2.24) is 4.90 Å². The van der Waals surface area contributed by atoms with Crippen LogP contribution in [-0.4, -0.2) is 34.4 Å². The van der Waals surface area contributed by atoms with Crippen LogP contribution in [0.15, 0.2) is 65.7 Å². The number of nitrogens with zero attached hydrogens (tertiary/aromatic N) is 2. The van der Waals surface area contributed by atoms with E-state index >= 15 is 0 Å². The number of para-hydroxylation sites is 1. The van der Waals surface area contributed by atoms with Crippen LogP contribution >= 0.6 is 11.8 Å². The Hall–Kier alpha value is -2.27. The van der Waals surface area contributed by atoms with Crippen LogP contribution in [0.2, 0.25) is 0 Å². The smallest absolute Gasteiger partial charge is 0.307 e. The minimum Gasteiger partial charge on any atom is -0.307 e. The van der Waals surface area contributed by atoms with Crippen molar-refractivity contribution in [3.8, 4) is 0 Å². The molecule has 2 aromatic carbocycles. The largest absolute Gasteiger partial charge is 0.327 e. The molecule has 2 aromatic rings. The predicted molar refractivity (Wildman–Crippen MR) is 102 cm³/mol. The summed E-state index contributed by atoms with van der Waals surface area (Å²) in [5, 5.41) is 4.19. The molecule has 0 saturated carbocycles. The molecule has 1 aliphatic heterocycles. The highest BCUT2D eigenvalue weighted by atomic mass is 32.2. The fourth-order valence-corrected chi connectivity index (χ4v) is 3.45. The summed E-state index contributed by atoms with van der Waals surface area (Å²) < 4.78 is 0. The maximum atomic E-state index is 12.7. The number of carbonyl (C=O) groups excluding carboxylic acids is 1. The van der Waals surface area contributed by atoms with E-state index < -0.39 is 0 Å². The lowest BCUT2D eigenvalue weighted by atomic mass is 10.1. The fraction of sp³-hybridized carbons (Fsp3) is 0.263. The molecule has 0 radical (unpaired) electrons. The number of urea groups is 1. The Morgan fingerprint density at radius 1 is 1.17 bits per heavy atom. The van der Waals surface area contributed by atoms with Crippen molar-refractivity contribution >= 4 is 28.6 Å². The number of amidine groups is 1. The van der Waals surface area contributed by atoms with E-state index in [2.05, 4.69) is 29.4 Å². The predicted octanol–water partition coefficient (Wildman–Crippen LogP) is 4.25. The molecule has 1 heterocycles. The lowest BCUT2D eigenvalue weighted by Gasteiger charge is -2.22. The first kappa shape index (κ1) is 16.6. The fourth-order valence-electron chi connectivity index (χ4n) is 2.49. The number of amides is 2. The zero-order chi connectivity index (χ0) is 16.8. The summed E-state index contributed by atoms with van der Waals surface area (Å²) in [6, 6.07) is 19.6. The molecule has 0 fully saturated rings. The van der Waals surface area contributed by atoms with Gasteiger partial charge < -0.3 is 5.32 Å². The van der Waals surface area contributed by atoms with Gasteiger partial charge >= 0.3 is 6.03 Å². The molecule has 1 N–H and O–H groups in total. The third kappa shape index (κ3) is 4.38. The van der Waals surface area contributed by atoms with Gasteiger partial charge in [-0.15, -0.1) is 0 Å².